The maximum Gasteiger partial charge on any atom is 0.416 e. The first kappa shape index (κ1) is 23.2. The fourth-order valence-electron chi connectivity index (χ4n) is 2.50. The van der Waals surface area contributed by atoms with Crippen LogP contribution in [-0.2, 0) is 15.7 Å². The molecule has 0 fully saturated rings. The molecule has 2 rings (SSSR count). The van der Waals surface area contributed by atoms with Crippen LogP contribution in [0.3, 0.4) is 0 Å². The smallest absolute Gasteiger partial charge is 0.416 e. The van der Waals surface area contributed by atoms with Crippen LogP contribution in [0.1, 0.15) is 28.8 Å². The molecular weight excluding hydrogens is 401 g/mol. The van der Waals surface area contributed by atoms with E-state index in [-0.39, 0.29) is 18.2 Å². The number of amides is 2. The molecule has 0 saturated heterocycles. The van der Waals surface area contributed by atoms with Gasteiger partial charge in [0.15, 0.2) is 6.61 Å². The number of methoxy groups -OCH3 is 1. The van der Waals surface area contributed by atoms with E-state index < -0.39 is 17.6 Å². The van der Waals surface area contributed by atoms with Gasteiger partial charge in [0.2, 0.25) is 0 Å². The fourth-order valence-corrected chi connectivity index (χ4v) is 2.50. The molecule has 0 unspecified atom stereocenters. The third-order valence-corrected chi connectivity index (χ3v) is 4.02. The van der Waals surface area contributed by atoms with Gasteiger partial charge in [0.05, 0.1) is 5.56 Å². The number of benzene rings is 2. The average molecular weight is 424 g/mol. The van der Waals surface area contributed by atoms with Gasteiger partial charge in [0, 0.05) is 31.5 Å². The third kappa shape index (κ3) is 7.75. The van der Waals surface area contributed by atoms with E-state index in [0.717, 1.165) is 25.0 Å². The van der Waals surface area contributed by atoms with Gasteiger partial charge in [-0.2, -0.15) is 13.2 Å². The second kappa shape index (κ2) is 11.2. The topological polar surface area (TPSA) is 76.7 Å². The minimum atomic E-state index is -4.49. The lowest BCUT2D eigenvalue weighted by Crippen LogP contribution is -2.24. The summed E-state index contributed by atoms with van der Waals surface area (Å²) >= 11 is 0. The number of nitrogens with one attached hydrogen (secondary N) is 2. The number of halogens is 3. The van der Waals surface area contributed by atoms with Gasteiger partial charge in [-0.15, -0.1) is 0 Å². The van der Waals surface area contributed by atoms with E-state index in [1.165, 1.54) is 24.3 Å². The highest BCUT2D eigenvalue weighted by molar-refractivity contribution is 5.94. The van der Waals surface area contributed by atoms with Crippen LogP contribution in [0.15, 0.2) is 48.5 Å². The molecule has 0 saturated carbocycles. The van der Waals surface area contributed by atoms with E-state index in [4.69, 9.17) is 9.47 Å². The molecule has 0 aromatic heterocycles. The zero-order valence-electron chi connectivity index (χ0n) is 16.4. The number of unbranched alkanes of at least 4 members (excludes halogenated alkanes) is 1. The standard InChI is InChI=1S/C21H23F3N2O4/c1-29-12-3-2-11-25-20(28)15-7-9-18(10-8-15)30-14-19(27)26-17-6-4-5-16(13-17)21(22,23)24/h4-10,13H,2-3,11-12,14H2,1H3,(H,25,28)(H,26,27). The minimum Gasteiger partial charge on any atom is -0.484 e. The Kier molecular flexibility index (Phi) is 8.67. The molecule has 0 aliphatic heterocycles. The van der Waals surface area contributed by atoms with Crippen LogP contribution in [0, 0.1) is 0 Å². The summed E-state index contributed by atoms with van der Waals surface area (Å²) < 4.78 is 48.4. The van der Waals surface area contributed by atoms with Crippen LogP contribution in [0.4, 0.5) is 18.9 Å². The van der Waals surface area contributed by atoms with Crippen molar-refractivity contribution in [3.05, 3.63) is 59.7 Å². The number of ether oxygens (including phenoxy) is 2. The molecule has 2 aromatic rings. The zero-order chi connectivity index (χ0) is 22.0. The summed E-state index contributed by atoms with van der Waals surface area (Å²) in [4.78, 5) is 24.0. The Morgan fingerprint density at radius 1 is 1.03 bits per heavy atom. The van der Waals surface area contributed by atoms with Crippen molar-refractivity contribution < 1.29 is 32.2 Å². The summed E-state index contributed by atoms with van der Waals surface area (Å²) in [6.45, 7) is 0.792. The Labute approximate surface area is 172 Å². The number of rotatable bonds is 10. The molecule has 2 N–H and O–H groups in total. The molecule has 6 nitrogen and oxygen atoms in total. The number of anilines is 1. The first-order chi connectivity index (χ1) is 14.3. The van der Waals surface area contributed by atoms with Crippen LogP contribution in [-0.4, -0.2) is 38.7 Å². The van der Waals surface area contributed by atoms with Crippen molar-refractivity contribution in [2.24, 2.45) is 0 Å². The number of hydrogen-bond donors (Lipinski definition) is 2. The highest BCUT2D eigenvalue weighted by atomic mass is 19.4. The van der Waals surface area contributed by atoms with Gasteiger partial charge in [-0.3, -0.25) is 9.59 Å². The Hall–Kier alpha value is -3.07. The van der Waals surface area contributed by atoms with Crippen molar-refractivity contribution in [2.45, 2.75) is 19.0 Å². The van der Waals surface area contributed by atoms with Gasteiger partial charge < -0.3 is 20.1 Å². The number of carbonyl (C=O) groups is 2. The molecule has 30 heavy (non-hydrogen) atoms. The first-order valence-electron chi connectivity index (χ1n) is 9.26. The Morgan fingerprint density at radius 2 is 1.77 bits per heavy atom. The fraction of sp³-hybridized carbons (Fsp3) is 0.333. The van der Waals surface area contributed by atoms with Gasteiger partial charge in [-0.05, 0) is 55.3 Å². The number of alkyl halides is 3. The van der Waals surface area contributed by atoms with E-state index in [0.29, 0.717) is 24.5 Å². The highest BCUT2D eigenvalue weighted by Crippen LogP contribution is 2.30. The first-order valence-corrected chi connectivity index (χ1v) is 9.26. The molecule has 0 spiro atoms. The summed E-state index contributed by atoms with van der Waals surface area (Å²) in [6.07, 6.45) is -2.83. The molecule has 9 heteroatoms. The highest BCUT2D eigenvalue weighted by Gasteiger charge is 2.30. The molecule has 0 radical (unpaired) electrons. The second-order valence-corrected chi connectivity index (χ2v) is 6.40. The molecule has 2 amide bonds. The molecule has 0 atom stereocenters. The van der Waals surface area contributed by atoms with Crippen molar-refractivity contribution in [2.75, 3.05) is 32.2 Å². The molecular formula is C21H23F3N2O4. The monoisotopic (exact) mass is 424 g/mol. The summed E-state index contributed by atoms with van der Waals surface area (Å²) in [7, 11) is 1.62. The maximum atomic E-state index is 12.7. The third-order valence-electron chi connectivity index (χ3n) is 4.02. The van der Waals surface area contributed by atoms with Gasteiger partial charge >= 0.3 is 6.18 Å². The van der Waals surface area contributed by atoms with Crippen molar-refractivity contribution in [3.63, 3.8) is 0 Å². The summed E-state index contributed by atoms with van der Waals surface area (Å²) in [6, 6.07) is 10.5. The van der Waals surface area contributed by atoms with Crippen LogP contribution >= 0.6 is 0 Å². The summed E-state index contributed by atoms with van der Waals surface area (Å²) in [5.41, 5.74) is -0.382. The number of carbonyl (C=O) groups excluding carboxylic acids is 2. The predicted molar refractivity (Wildman–Crippen MR) is 105 cm³/mol. The van der Waals surface area contributed by atoms with Crippen molar-refractivity contribution in [1.29, 1.82) is 0 Å². The molecule has 162 valence electrons. The lowest BCUT2D eigenvalue weighted by Gasteiger charge is -2.11. The Balaban J connectivity index is 1.79. The van der Waals surface area contributed by atoms with Crippen LogP contribution in [0.25, 0.3) is 0 Å². The predicted octanol–water partition coefficient (Wildman–Crippen LogP) is 3.88. The molecule has 0 aliphatic rings. The quantitative estimate of drug-likeness (QED) is 0.568. The SMILES string of the molecule is COCCCCNC(=O)c1ccc(OCC(=O)Nc2cccc(C(F)(F)F)c2)cc1. The summed E-state index contributed by atoms with van der Waals surface area (Å²) in [5.74, 6) is -0.473. The lowest BCUT2D eigenvalue weighted by molar-refractivity contribution is -0.137. The lowest BCUT2D eigenvalue weighted by atomic mass is 10.2. The van der Waals surface area contributed by atoms with Gasteiger partial charge in [0.25, 0.3) is 11.8 Å². The summed E-state index contributed by atoms with van der Waals surface area (Å²) in [5, 5.41) is 5.15. The molecule has 0 heterocycles. The second-order valence-electron chi connectivity index (χ2n) is 6.40. The van der Waals surface area contributed by atoms with Crippen molar-refractivity contribution >= 4 is 17.5 Å². The van der Waals surface area contributed by atoms with Crippen molar-refractivity contribution in [1.82, 2.24) is 5.32 Å². The van der Waals surface area contributed by atoms with Gasteiger partial charge in [-0.25, -0.2) is 0 Å². The molecule has 0 aliphatic carbocycles. The molecule has 0 bridgehead atoms. The van der Waals surface area contributed by atoms with E-state index in [2.05, 4.69) is 10.6 Å². The van der Waals surface area contributed by atoms with Crippen LogP contribution < -0.4 is 15.4 Å². The van der Waals surface area contributed by atoms with Crippen LogP contribution in [0.2, 0.25) is 0 Å². The van der Waals surface area contributed by atoms with Crippen LogP contribution in [0.5, 0.6) is 5.75 Å². The molecule has 2 aromatic carbocycles. The average Bonchev–Trinajstić information content (AvgIpc) is 2.72. The number of hydrogen-bond acceptors (Lipinski definition) is 4. The Bertz CT molecular complexity index is 839. The van der Waals surface area contributed by atoms with Gasteiger partial charge in [-0.1, -0.05) is 6.07 Å². The zero-order valence-corrected chi connectivity index (χ0v) is 16.4. The Morgan fingerprint density at radius 3 is 2.43 bits per heavy atom. The van der Waals surface area contributed by atoms with E-state index in [1.807, 2.05) is 0 Å². The minimum absolute atomic E-state index is 0.0240. The van der Waals surface area contributed by atoms with Crippen molar-refractivity contribution in [3.8, 4) is 5.75 Å². The normalized spacial score (nSPS) is 11.1. The van der Waals surface area contributed by atoms with Gasteiger partial charge in [0.1, 0.15) is 5.75 Å². The van der Waals surface area contributed by atoms with E-state index in [1.54, 1.807) is 19.2 Å². The largest absolute Gasteiger partial charge is 0.484 e. The van der Waals surface area contributed by atoms with E-state index in [9.17, 15) is 22.8 Å². The maximum absolute atomic E-state index is 12.7. The van der Waals surface area contributed by atoms with E-state index >= 15 is 0 Å².